The molecule has 0 fully saturated rings. The van der Waals surface area contributed by atoms with Crippen LogP contribution in [0.2, 0.25) is 0 Å². The summed E-state index contributed by atoms with van der Waals surface area (Å²) in [6.45, 7) is 0. The molecule has 58 valence electrons. The van der Waals surface area contributed by atoms with E-state index in [2.05, 4.69) is 0 Å². The molecule has 0 bridgehead atoms. The molecule has 0 aliphatic heterocycles. The van der Waals surface area contributed by atoms with Crippen LogP contribution in [0.1, 0.15) is 0 Å². The van der Waals surface area contributed by atoms with Crippen molar-refractivity contribution in [1.29, 1.82) is 0 Å². The first-order valence-electron chi connectivity index (χ1n) is 1.27. The van der Waals surface area contributed by atoms with Gasteiger partial charge in [0.2, 0.25) is 0 Å². The Morgan fingerprint density at radius 3 is 1.33 bits per heavy atom. The average molecular weight is 208 g/mol. The fourth-order valence-corrected chi connectivity index (χ4v) is 0. The minimum absolute atomic E-state index is 0. The van der Waals surface area contributed by atoms with E-state index in [-0.39, 0.29) is 16.5 Å². The van der Waals surface area contributed by atoms with Gasteiger partial charge in [-0.2, -0.15) is 13.2 Å². The largest absolute Gasteiger partial charge is 2.00 e. The fraction of sp³-hybridized carbons (Fsp3) is 1.00. The Morgan fingerprint density at radius 1 is 1.22 bits per heavy atom. The van der Waals surface area contributed by atoms with Crippen molar-refractivity contribution in [3.63, 3.8) is 0 Å². The van der Waals surface area contributed by atoms with Gasteiger partial charge in [-0.05, 0) is 0 Å². The predicted octanol–water partition coefficient (Wildman–Crippen LogP) is 0.0489. The Morgan fingerprint density at radius 2 is 1.33 bits per heavy atom. The molecule has 0 atom stereocenters. The van der Waals surface area contributed by atoms with E-state index in [0.717, 1.165) is 0 Å². The van der Waals surface area contributed by atoms with Gasteiger partial charge in [0.1, 0.15) is 0 Å². The number of alkyl halides is 3. The normalized spacial score (nSPS) is 12.4. The monoisotopic (exact) mass is 207 g/mol. The van der Waals surface area contributed by atoms with Crippen LogP contribution in [-0.2, 0) is 26.6 Å². The molecule has 9 heavy (non-hydrogen) atoms. The van der Waals surface area contributed by atoms with Gasteiger partial charge in [0.05, 0.1) is 0 Å². The summed E-state index contributed by atoms with van der Waals surface area (Å²) in [5, 5.41) is 0. The molecule has 0 aromatic heterocycles. The molecule has 0 aromatic rings. The third-order valence-corrected chi connectivity index (χ3v) is 0.850. The van der Waals surface area contributed by atoms with Crippen molar-refractivity contribution in [2.45, 2.75) is 5.51 Å². The zero-order valence-corrected chi connectivity index (χ0v) is 5.39. The summed E-state index contributed by atoms with van der Waals surface area (Å²) in [4.78, 5) is 0. The molecule has 0 saturated heterocycles. The first-order valence-corrected chi connectivity index (χ1v) is 2.68. The average Bonchev–Trinajstić information content (AvgIpc) is 1.25. The number of hydrogen-bond donors (Lipinski definition) is 0. The van der Waals surface area contributed by atoms with Crippen LogP contribution in [0.5, 0.6) is 0 Å². The Bertz CT molecular complexity index is 168. The summed E-state index contributed by atoms with van der Waals surface area (Å²) >= 11 is 0. The molecule has 0 heterocycles. The molecule has 8 heteroatoms. The van der Waals surface area contributed by atoms with Gasteiger partial charge < -0.3 is 4.55 Å². The number of rotatable bonds is 0. The Balaban J connectivity index is 0. The van der Waals surface area contributed by atoms with E-state index >= 15 is 0 Å². The van der Waals surface area contributed by atoms with Crippen LogP contribution < -0.4 is 0 Å². The third-order valence-electron chi connectivity index (χ3n) is 0.283. The molecule has 0 N–H and O–H groups in total. The van der Waals surface area contributed by atoms with Crippen molar-refractivity contribution in [2.75, 3.05) is 0 Å². The third kappa shape index (κ3) is 3.72. The Kier molecular flexibility index (Phi) is 3.78. The fourth-order valence-electron chi connectivity index (χ4n) is 0. The van der Waals surface area contributed by atoms with Gasteiger partial charge in [-0.15, -0.1) is 0 Å². The summed E-state index contributed by atoms with van der Waals surface area (Å²) in [5.41, 5.74) is -5.65. The summed E-state index contributed by atoms with van der Waals surface area (Å²) < 4.78 is 58.9. The van der Waals surface area contributed by atoms with Crippen molar-refractivity contribution in [3.05, 3.63) is 0 Å². The molecule has 0 amide bonds. The smallest absolute Gasteiger partial charge is 0.741 e. The minimum atomic E-state index is -6.09. The quantitative estimate of drug-likeness (QED) is 0.321. The maximum absolute atomic E-state index is 10.7. The molecule has 3 nitrogen and oxygen atoms in total. The van der Waals surface area contributed by atoms with E-state index in [1.807, 2.05) is 0 Å². The molecule has 0 radical (unpaired) electrons. The van der Waals surface area contributed by atoms with E-state index in [4.69, 9.17) is 13.0 Å². The van der Waals surface area contributed by atoms with Crippen molar-refractivity contribution >= 4 is 10.1 Å². The first-order chi connectivity index (χ1) is 3.25. The molecule has 0 spiro atoms. The van der Waals surface area contributed by atoms with Gasteiger partial charge >= 0.3 is 22.0 Å². The summed E-state index contributed by atoms with van der Waals surface area (Å²) in [6.07, 6.45) is 0. The molecule has 0 aliphatic rings. The van der Waals surface area contributed by atoms with Crippen LogP contribution in [0.3, 0.4) is 0 Å². The van der Waals surface area contributed by atoms with E-state index in [1.165, 1.54) is 0 Å². The van der Waals surface area contributed by atoms with E-state index < -0.39 is 15.6 Å². The molecule has 0 rings (SSSR count). The zero-order chi connectivity index (χ0) is 7.00. The standard InChI is InChI=1S/CHF3O3S.Ni/c2-1(3,4)8(5,6)7;/h(H,5,6,7);/q;+2/p-1. The predicted molar refractivity (Wildman–Crippen MR) is 15.8 cm³/mol. The van der Waals surface area contributed by atoms with Crippen molar-refractivity contribution in [3.8, 4) is 0 Å². The van der Waals surface area contributed by atoms with E-state index in [0.29, 0.717) is 0 Å². The summed E-state index contributed by atoms with van der Waals surface area (Å²) in [5.74, 6) is 0. The maximum Gasteiger partial charge on any atom is 2.00 e. The molecule has 0 unspecified atom stereocenters. The zero-order valence-electron chi connectivity index (χ0n) is 3.58. The van der Waals surface area contributed by atoms with E-state index in [9.17, 15) is 13.2 Å². The first kappa shape index (κ1) is 11.9. The van der Waals surface area contributed by atoms with Crippen LogP contribution >= 0.6 is 0 Å². The van der Waals surface area contributed by atoms with Gasteiger partial charge in [-0.1, -0.05) is 0 Å². The van der Waals surface area contributed by atoms with Crippen LogP contribution in [0, 0.1) is 0 Å². The van der Waals surface area contributed by atoms with Gasteiger partial charge in [0, 0.05) is 0 Å². The van der Waals surface area contributed by atoms with Gasteiger partial charge in [-0.25, -0.2) is 8.42 Å². The molecule has 0 aliphatic carbocycles. The summed E-state index contributed by atoms with van der Waals surface area (Å²) in [6, 6.07) is 0. The molecular weight excluding hydrogens is 208 g/mol. The van der Waals surface area contributed by atoms with E-state index in [1.54, 1.807) is 0 Å². The minimum Gasteiger partial charge on any atom is -0.741 e. The Hall–Kier alpha value is 0.194. The van der Waals surface area contributed by atoms with Gasteiger partial charge in [-0.3, -0.25) is 0 Å². The molecule has 0 aromatic carbocycles. The van der Waals surface area contributed by atoms with Crippen LogP contribution in [-0.4, -0.2) is 18.5 Å². The summed E-state index contributed by atoms with van der Waals surface area (Å²) in [7, 11) is -6.09. The van der Waals surface area contributed by atoms with Crippen LogP contribution in [0.25, 0.3) is 0 Å². The van der Waals surface area contributed by atoms with Crippen molar-refractivity contribution in [2.24, 2.45) is 0 Å². The second-order valence-corrected chi connectivity index (χ2v) is 2.27. The second kappa shape index (κ2) is 2.85. The van der Waals surface area contributed by atoms with Crippen molar-refractivity contribution in [1.82, 2.24) is 0 Å². The van der Waals surface area contributed by atoms with Gasteiger partial charge in [0.15, 0.2) is 10.1 Å². The second-order valence-electron chi connectivity index (χ2n) is 0.900. The maximum atomic E-state index is 10.7. The molecular formula is CF3NiO3S+. The Labute approximate surface area is 58.9 Å². The molecule has 0 saturated carbocycles. The van der Waals surface area contributed by atoms with Crippen molar-refractivity contribution < 1.29 is 42.6 Å². The number of halogens is 3. The van der Waals surface area contributed by atoms with Crippen LogP contribution in [0.4, 0.5) is 13.2 Å². The van der Waals surface area contributed by atoms with Crippen LogP contribution in [0.15, 0.2) is 0 Å². The topological polar surface area (TPSA) is 57.2 Å². The number of hydrogen-bond acceptors (Lipinski definition) is 3. The van der Waals surface area contributed by atoms with Gasteiger partial charge in [0.25, 0.3) is 0 Å². The SMILES string of the molecule is O=S(=O)([O-])C(F)(F)F.[Ni+2].